The third-order valence-electron chi connectivity index (χ3n) is 6.56. The summed E-state index contributed by atoms with van der Waals surface area (Å²) in [4.78, 5) is 9.51. The van der Waals surface area contributed by atoms with Gasteiger partial charge in [-0.25, -0.2) is 9.38 Å². The van der Waals surface area contributed by atoms with E-state index in [1.807, 2.05) is 12.1 Å². The van der Waals surface area contributed by atoms with Crippen molar-refractivity contribution in [1.29, 1.82) is 0 Å². The number of nitrogens with zero attached hydrogens (tertiary/aromatic N) is 3. The van der Waals surface area contributed by atoms with Gasteiger partial charge in [-0.3, -0.25) is 0 Å². The average Bonchev–Trinajstić information content (AvgIpc) is 3.24. The Morgan fingerprint density at radius 1 is 1.07 bits per heavy atom. The number of halogens is 1. The van der Waals surface area contributed by atoms with Gasteiger partial charge < -0.3 is 14.5 Å². The highest BCUT2D eigenvalue weighted by molar-refractivity contribution is 5.77. The van der Waals surface area contributed by atoms with Gasteiger partial charge >= 0.3 is 0 Å². The van der Waals surface area contributed by atoms with E-state index in [1.54, 1.807) is 12.1 Å². The summed E-state index contributed by atoms with van der Waals surface area (Å²) >= 11 is 0. The largest absolute Gasteiger partial charge is 0.460 e. The van der Waals surface area contributed by atoms with Crippen LogP contribution in [0.5, 0.6) is 0 Å². The fourth-order valence-corrected chi connectivity index (χ4v) is 5.07. The second kappa shape index (κ2) is 7.79. The Labute approximate surface area is 172 Å². The minimum absolute atomic E-state index is 0.00656. The van der Waals surface area contributed by atoms with E-state index in [4.69, 9.17) is 9.73 Å². The molecule has 0 amide bonds. The van der Waals surface area contributed by atoms with Gasteiger partial charge in [-0.05, 0) is 61.7 Å². The number of ether oxygens (including phenoxy) is 1. The van der Waals surface area contributed by atoms with E-state index < -0.39 is 0 Å². The average molecular weight is 394 g/mol. The fourth-order valence-electron chi connectivity index (χ4n) is 5.07. The summed E-state index contributed by atoms with van der Waals surface area (Å²) in [5.74, 6) is 0.330. The van der Waals surface area contributed by atoms with Crippen LogP contribution in [0.4, 0.5) is 4.39 Å². The highest BCUT2D eigenvalue weighted by atomic mass is 19.1. The van der Waals surface area contributed by atoms with Crippen LogP contribution in [0.3, 0.4) is 0 Å². The first-order valence-electron chi connectivity index (χ1n) is 10.7. The van der Waals surface area contributed by atoms with E-state index >= 15 is 0 Å². The van der Waals surface area contributed by atoms with Gasteiger partial charge in [-0.15, -0.1) is 0 Å². The number of likely N-dealkylation sites (tertiary alicyclic amines) is 1. The lowest BCUT2D eigenvalue weighted by atomic mass is 9.88. The molecule has 4 nitrogen and oxygen atoms in total. The molecule has 3 heterocycles. The normalized spacial score (nSPS) is 27.3. The molecule has 2 aromatic carbocycles. The Hall–Kier alpha value is -2.40. The van der Waals surface area contributed by atoms with Gasteiger partial charge in [0.05, 0.1) is 12.6 Å². The first kappa shape index (κ1) is 18.6. The molecule has 152 valence electrons. The third kappa shape index (κ3) is 3.64. The number of benzene rings is 2. The van der Waals surface area contributed by atoms with Gasteiger partial charge in [0.25, 0.3) is 6.02 Å². The minimum Gasteiger partial charge on any atom is -0.460 e. The number of rotatable bonds is 2. The molecule has 29 heavy (non-hydrogen) atoms. The predicted molar refractivity (Wildman–Crippen MR) is 112 cm³/mol. The van der Waals surface area contributed by atoms with Crippen molar-refractivity contribution >= 4 is 6.02 Å². The van der Waals surface area contributed by atoms with E-state index in [9.17, 15) is 4.39 Å². The maximum absolute atomic E-state index is 13.6. The molecule has 3 aliphatic heterocycles. The maximum atomic E-state index is 13.6. The van der Waals surface area contributed by atoms with Crippen molar-refractivity contribution in [2.24, 2.45) is 10.9 Å². The minimum atomic E-state index is -0.208. The zero-order valence-corrected chi connectivity index (χ0v) is 16.9. The standard InChI is InChI=1S/C24H28FN3O/c1-27-13-4-6-19(16-27)22-15-26-24(29-22)28-14-12-17-5-2-3-7-21(17)23(28)18-8-10-20(25)11-9-18/h2-3,5,7-11,19,22-23H,4,6,12-16H2,1H3/t19-,22+,23-/m0/s1. The first-order chi connectivity index (χ1) is 14.2. The number of amidine groups is 1. The molecule has 2 aromatic rings. The Kier molecular flexibility index (Phi) is 5.00. The smallest absolute Gasteiger partial charge is 0.288 e. The van der Waals surface area contributed by atoms with Gasteiger partial charge in [0, 0.05) is 19.0 Å². The van der Waals surface area contributed by atoms with E-state index in [2.05, 4.69) is 41.1 Å². The molecule has 1 fully saturated rings. The van der Waals surface area contributed by atoms with Gasteiger partial charge in [0.2, 0.25) is 0 Å². The fraction of sp³-hybridized carbons (Fsp3) is 0.458. The van der Waals surface area contributed by atoms with Crippen LogP contribution < -0.4 is 0 Å². The summed E-state index contributed by atoms with van der Waals surface area (Å²) in [6.45, 7) is 3.85. The van der Waals surface area contributed by atoms with E-state index in [1.165, 1.54) is 30.5 Å². The van der Waals surface area contributed by atoms with Crippen molar-refractivity contribution in [2.75, 3.05) is 33.2 Å². The Morgan fingerprint density at radius 2 is 1.90 bits per heavy atom. The first-order valence-corrected chi connectivity index (χ1v) is 10.7. The summed E-state index contributed by atoms with van der Waals surface area (Å²) in [6, 6.07) is 16.2. The molecule has 1 saturated heterocycles. The molecule has 3 aliphatic rings. The van der Waals surface area contributed by atoms with Gasteiger partial charge in [0.1, 0.15) is 11.9 Å². The van der Waals surface area contributed by atoms with Crippen molar-refractivity contribution in [3.63, 3.8) is 0 Å². The Bertz CT molecular complexity index is 897. The highest BCUT2D eigenvalue weighted by Gasteiger charge is 2.37. The van der Waals surface area contributed by atoms with E-state index in [0.29, 0.717) is 5.92 Å². The third-order valence-corrected chi connectivity index (χ3v) is 6.56. The highest BCUT2D eigenvalue weighted by Crippen LogP contribution is 2.37. The molecule has 0 spiro atoms. The van der Waals surface area contributed by atoms with Crippen LogP contribution in [0.2, 0.25) is 0 Å². The van der Waals surface area contributed by atoms with E-state index in [0.717, 1.165) is 37.6 Å². The van der Waals surface area contributed by atoms with Crippen molar-refractivity contribution in [2.45, 2.75) is 31.4 Å². The van der Waals surface area contributed by atoms with Gasteiger partial charge in [-0.1, -0.05) is 36.4 Å². The molecular weight excluding hydrogens is 365 g/mol. The molecule has 0 bridgehead atoms. The Balaban J connectivity index is 1.42. The molecule has 5 heteroatoms. The van der Waals surface area contributed by atoms with Crippen molar-refractivity contribution in [3.8, 4) is 0 Å². The molecule has 3 atom stereocenters. The molecule has 5 rings (SSSR count). The summed E-state index contributed by atoms with van der Waals surface area (Å²) in [7, 11) is 2.19. The zero-order valence-electron chi connectivity index (χ0n) is 16.9. The summed E-state index contributed by atoms with van der Waals surface area (Å²) in [5.41, 5.74) is 3.69. The van der Waals surface area contributed by atoms with Crippen LogP contribution in [0.15, 0.2) is 53.5 Å². The number of fused-ring (bicyclic) bond motifs is 1. The predicted octanol–water partition coefficient (Wildman–Crippen LogP) is 3.87. The monoisotopic (exact) mass is 393 g/mol. The van der Waals surface area contributed by atoms with E-state index in [-0.39, 0.29) is 18.0 Å². The number of piperidine rings is 1. The lowest BCUT2D eigenvalue weighted by Crippen LogP contribution is -2.43. The van der Waals surface area contributed by atoms with Crippen LogP contribution >= 0.6 is 0 Å². The lowest BCUT2D eigenvalue weighted by molar-refractivity contribution is 0.0732. The maximum Gasteiger partial charge on any atom is 0.288 e. The quantitative estimate of drug-likeness (QED) is 0.775. The molecule has 0 aliphatic carbocycles. The van der Waals surface area contributed by atoms with Crippen LogP contribution in [-0.2, 0) is 11.2 Å². The molecule has 0 saturated carbocycles. The summed E-state index contributed by atoms with van der Waals surface area (Å²) in [5, 5.41) is 0. The number of hydrogen-bond acceptors (Lipinski definition) is 4. The van der Waals surface area contributed by atoms with Crippen molar-refractivity contribution in [1.82, 2.24) is 9.80 Å². The van der Waals surface area contributed by atoms with Crippen molar-refractivity contribution in [3.05, 3.63) is 71.0 Å². The SMILES string of the molecule is CN1CCC[C@H]([C@H]2CN=C(N3CCc4ccccc4[C@@H]3c3ccc(F)cc3)O2)C1. The Morgan fingerprint density at radius 3 is 2.72 bits per heavy atom. The second-order valence-electron chi connectivity index (χ2n) is 8.54. The lowest BCUT2D eigenvalue weighted by Gasteiger charge is -2.39. The molecule has 0 radical (unpaired) electrons. The number of hydrogen-bond donors (Lipinski definition) is 0. The molecule has 0 aromatic heterocycles. The van der Waals surface area contributed by atoms with Crippen molar-refractivity contribution < 1.29 is 9.13 Å². The van der Waals surface area contributed by atoms with Gasteiger partial charge in [0.15, 0.2) is 0 Å². The van der Waals surface area contributed by atoms with Crippen LogP contribution in [-0.4, -0.2) is 55.2 Å². The molecule has 0 N–H and O–H groups in total. The molecule has 0 unspecified atom stereocenters. The number of aliphatic imine (C=N–C) groups is 1. The second-order valence-corrected chi connectivity index (χ2v) is 8.54. The zero-order chi connectivity index (χ0) is 19.8. The summed E-state index contributed by atoms with van der Waals surface area (Å²) < 4.78 is 20.0. The summed E-state index contributed by atoms with van der Waals surface area (Å²) in [6.07, 6.45) is 3.57. The van der Waals surface area contributed by atoms with Crippen LogP contribution in [0.25, 0.3) is 0 Å². The van der Waals surface area contributed by atoms with Crippen LogP contribution in [0, 0.1) is 11.7 Å². The van der Waals surface area contributed by atoms with Crippen LogP contribution in [0.1, 0.15) is 35.6 Å². The van der Waals surface area contributed by atoms with Gasteiger partial charge in [-0.2, -0.15) is 0 Å². The topological polar surface area (TPSA) is 28.1 Å². The molecular formula is C24H28FN3O.